The summed E-state index contributed by atoms with van der Waals surface area (Å²) in [4.78, 5) is 12.5. The van der Waals surface area contributed by atoms with E-state index in [-0.39, 0.29) is 23.1 Å². The Morgan fingerprint density at radius 1 is 0.800 bits per heavy atom. The number of halogens is 1. The van der Waals surface area contributed by atoms with E-state index in [1.54, 1.807) is 0 Å². The monoisotopic (exact) mass is 554 g/mol. The summed E-state index contributed by atoms with van der Waals surface area (Å²) >= 11 is 0. The minimum Gasteiger partial charge on any atom is -1.00 e. The Bertz CT molecular complexity index is 665. The second-order valence-electron chi connectivity index (χ2n) is 10.1. The van der Waals surface area contributed by atoms with Gasteiger partial charge in [-0.15, -0.1) is 0 Å². The lowest BCUT2D eigenvalue weighted by Crippen LogP contribution is -3.00. The molecule has 1 aromatic rings. The number of carbonyl (C=O) groups excluding carboxylic acids is 1. The van der Waals surface area contributed by atoms with Gasteiger partial charge in [-0.3, -0.25) is 5.32 Å². The number of quaternary nitrogens is 1. The first kappa shape index (κ1) is 31.8. The van der Waals surface area contributed by atoms with E-state index in [0.29, 0.717) is 24.7 Å². The molecule has 0 atom stereocenters. The number of amides is 1. The van der Waals surface area contributed by atoms with Crippen LogP contribution < -0.4 is 27.0 Å². The summed E-state index contributed by atoms with van der Waals surface area (Å²) in [5.74, 6) is 0.713. The van der Waals surface area contributed by atoms with Crippen LogP contribution in [0.4, 0.5) is 10.5 Å². The number of hydrogen-bond acceptors (Lipinski definition) is 3. The van der Waals surface area contributed by atoms with Gasteiger partial charge in [-0.2, -0.15) is 0 Å². The fraction of sp³-hybridized carbons (Fsp3) is 0.759. The first-order chi connectivity index (χ1) is 16.7. The fourth-order valence-electron chi connectivity index (χ4n) is 5.03. The molecule has 0 aromatic heterocycles. The van der Waals surface area contributed by atoms with Crippen LogP contribution in [-0.4, -0.2) is 50.0 Å². The van der Waals surface area contributed by atoms with Crippen LogP contribution >= 0.6 is 0 Å². The zero-order valence-corrected chi connectivity index (χ0v) is 24.1. The molecule has 1 heterocycles. The van der Waals surface area contributed by atoms with Crippen LogP contribution in [0.2, 0.25) is 0 Å². The second-order valence-corrected chi connectivity index (χ2v) is 10.1. The third kappa shape index (κ3) is 13.6. The van der Waals surface area contributed by atoms with Crippen molar-refractivity contribution in [1.29, 1.82) is 0 Å². The minimum atomic E-state index is -0.383. The standard InChI is InChI=1S/C29H50N2O3.BrH/c1-3-5-7-8-9-10-11-15-21-31(22-16-12-17-23-31)24-26-34-29(32)30-27-19-13-14-20-28(27)33-25-18-6-4-2;/h13-14,19-20H,3-12,15-18,21-26H2,1-2H3;1H. The fourth-order valence-corrected chi connectivity index (χ4v) is 5.03. The number of benzene rings is 1. The summed E-state index contributed by atoms with van der Waals surface area (Å²) < 4.78 is 12.6. The van der Waals surface area contributed by atoms with Crippen LogP contribution in [-0.2, 0) is 4.74 Å². The van der Waals surface area contributed by atoms with Gasteiger partial charge in [0.25, 0.3) is 0 Å². The van der Waals surface area contributed by atoms with E-state index >= 15 is 0 Å². The maximum atomic E-state index is 12.5. The Kier molecular flexibility index (Phi) is 18.0. The van der Waals surface area contributed by atoms with Crippen molar-refractivity contribution < 1.29 is 35.7 Å². The number of rotatable bonds is 18. The predicted molar refractivity (Wildman–Crippen MR) is 143 cm³/mol. The maximum absolute atomic E-state index is 12.5. The van der Waals surface area contributed by atoms with Crippen molar-refractivity contribution in [2.45, 2.75) is 104 Å². The number of piperidine rings is 1. The lowest BCUT2D eigenvalue weighted by Gasteiger charge is -2.41. The molecule has 1 saturated heterocycles. The van der Waals surface area contributed by atoms with Crippen molar-refractivity contribution in [2.24, 2.45) is 0 Å². The van der Waals surface area contributed by atoms with E-state index in [1.807, 2.05) is 24.3 Å². The summed E-state index contributed by atoms with van der Waals surface area (Å²) in [6.45, 7) is 10.2. The molecule has 0 spiro atoms. The van der Waals surface area contributed by atoms with Gasteiger partial charge in [0.1, 0.15) is 18.9 Å². The molecule has 1 aliphatic heterocycles. The predicted octanol–water partition coefficient (Wildman–Crippen LogP) is 4.95. The maximum Gasteiger partial charge on any atom is 0.411 e. The molecule has 1 aliphatic rings. The summed E-state index contributed by atoms with van der Waals surface area (Å²) in [6, 6.07) is 7.62. The van der Waals surface area contributed by atoms with Gasteiger partial charge in [-0.05, 0) is 50.7 Å². The Morgan fingerprint density at radius 3 is 2.14 bits per heavy atom. The van der Waals surface area contributed by atoms with Gasteiger partial charge in [0.05, 0.1) is 31.9 Å². The molecular weight excluding hydrogens is 504 g/mol. The van der Waals surface area contributed by atoms with Crippen LogP contribution in [0, 0.1) is 0 Å². The number of anilines is 1. The minimum absolute atomic E-state index is 0. The highest BCUT2D eigenvalue weighted by molar-refractivity contribution is 5.86. The number of unbranched alkanes of at least 4 members (excludes halogenated alkanes) is 9. The third-order valence-electron chi connectivity index (χ3n) is 7.18. The molecule has 0 radical (unpaired) electrons. The number of ether oxygens (including phenoxy) is 2. The molecule has 1 N–H and O–H groups in total. The topological polar surface area (TPSA) is 47.6 Å². The van der Waals surface area contributed by atoms with Crippen molar-refractivity contribution in [3.8, 4) is 5.75 Å². The van der Waals surface area contributed by atoms with Crippen molar-refractivity contribution in [3.63, 3.8) is 0 Å². The van der Waals surface area contributed by atoms with Crippen molar-refractivity contribution >= 4 is 11.8 Å². The molecule has 1 fully saturated rings. The second kappa shape index (κ2) is 19.9. The van der Waals surface area contributed by atoms with Crippen LogP contribution in [0.5, 0.6) is 5.75 Å². The first-order valence-corrected chi connectivity index (χ1v) is 14.2. The number of nitrogens with zero attached hydrogens (tertiary/aromatic N) is 1. The third-order valence-corrected chi connectivity index (χ3v) is 7.18. The smallest absolute Gasteiger partial charge is 0.411 e. The zero-order chi connectivity index (χ0) is 24.3. The van der Waals surface area contributed by atoms with Gasteiger partial charge in [-0.1, -0.05) is 77.3 Å². The highest BCUT2D eigenvalue weighted by Crippen LogP contribution is 2.25. The Balaban J connectivity index is 0.00000612. The summed E-state index contributed by atoms with van der Waals surface area (Å²) in [6.07, 6.45) is 17.7. The Hall–Kier alpha value is -1.27. The highest BCUT2D eigenvalue weighted by Gasteiger charge is 2.29. The van der Waals surface area contributed by atoms with E-state index in [2.05, 4.69) is 19.2 Å². The molecule has 0 saturated carbocycles. The van der Waals surface area contributed by atoms with E-state index in [4.69, 9.17) is 9.47 Å². The lowest BCUT2D eigenvalue weighted by molar-refractivity contribution is -0.932. The molecule has 202 valence electrons. The van der Waals surface area contributed by atoms with Gasteiger partial charge in [0.15, 0.2) is 0 Å². The molecule has 1 aromatic carbocycles. The largest absolute Gasteiger partial charge is 1.00 e. The summed E-state index contributed by atoms with van der Waals surface area (Å²) in [7, 11) is 0. The van der Waals surface area contributed by atoms with E-state index in [9.17, 15) is 4.79 Å². The van der Waals surface area contributed by atoms with Crippen molar-refractivity contribution in [2.75, 3.05) is 44.7 Å². The normalized spacial score (nSPS) is 14.7. The van der Waals surface area contributed by atoms with Crippen LogP contribution in [0.15, 0.2) is 24.3 Å². The Labute approximate surface area is 225 Å². The first-order valence-electron chi connectivity index (χ1n) is 14.2. The van der Waals surface area contributed by atoms with Gasteiger partial charge in [0, 0.05) is 0 Å². The number of carbonyl (C=O) groups is 1. The van der Waals surface area contributed by atoms with Crippen molar-refractivity contribution in [1.82, 2.24) is 0 Å². The molecule has 2 rings (SSSR count). The summed E-state index contributed by atoms with van der Waals surface area (Å²) in [5, 5.41) is 2.89. The molecule has 35 heavy (non-hydrogen) atoms. The van der Waals surface area contributed by atoms with E-state index < -0.39 is 0 Å². The quantitative estimate of drug-likeness (QED) is 0.206. The number of hydrogen-bond donors (Lipinski definition) is 1. The number of para-hydroxylation sites is 2. The molecule has 0 aliphatic carbocycles. The number of likely N-dealkylation sites (tertiary alicyclic amines) is 1. The SMILES string of the molecule is CCCCCCCCCC[N+]1(CCOC(=O)Nc2ccccc2OCCCCC)CCCCC1.[Br-]. The molecular formula is C29H51BrN2O3. The summed E-state index contributed by atoms with van der Waals surface area (Å²) in [5.41, 5.74) is 0.685. The Morgan fingerprint density at radius 2 is 1.43 bits per heavy atom. The van der Waals surface area contributed by atoms with Crippen molar-refractivity contribution in [3.05, 3.63) is 24.3 Å². The van der Waals surface area contributed by atoms with Gasteiger partial charge >= 0.3 is 6.09 Å². The van der Waals surface area contributed by atoms with Crippen LogP contribution in [0.25, 0.3) is 0 Å². The number of nitrogens with one attached hydrogen (secondary N) is 1. The zero-order valence-electron chi connectivity index (χ0n) is 22.5. The molecule has 0 bridgehead atoms. The van der Waals surface area contributed by atoms with E-state index in [1.165, 1.54) is 90.3 Å². The molecule has 1 amide bonds. The lowest BCUT2D eigenvalue weighted by atomic mass is 10.0. The molecule has 5 nitrogen and oxygen atoms in total. The molecule has 0 unspecified atom stereocenters. The average molecular weight is 556 g/mol. The van der Waals surface area contributed by atoms with E-state index in [0.717, 1.165) is 30.3 Å². The van der Waals surface area contributed by atoms with Crippen LogP contribution in [0.3, 0.4) is 0 Å². The highest BCUT2D eigenvalue weighted by atomic mass is 79.9. The molecule has 6 heteroatoms. The van der Waals surface area contributed by atoms with Gasteiger partial charge in [-0.25, -0.2) is 4.79 Å². The average Bonchev–Trinajstić information content (AvgIpc) is 2.85. The van der Waals surface area contributed by atoms with Crippen LogP contribution in [0.1, 0.15) is 104 Å². The van der Waals surface area contributed by atoms with Gasteiger partial charge < -0.3 is 30.9 Å². The van der Waals surface area contributed by atoms with Gasteiger partial charge in [0.2, 0.25) is 0 Å².